The fourth-order valence-corrected chi connectivity index (χ4v) is 3.11. The zero-order valence-corrected chi connectivity index (χ0v) is 14.4. The first-order valence-corrected chi connectivity index (χ1v) is 8.48. The molecule has 126 valence electrons. The third-order valence-electron chi connectivity index (χ3n) is 4.67. The van der Waals surface area contributed by atoms with E-state index in [9.17, 15) is 4.79 Å². The zero-order chi connectivity index (χ0) is 16.9. The highest BCUT2D eigenvalue weighted by Crippen LogP contribution is 2.11. The molecule has 1 aliphatic heterocycles. The number of nitrogens with zero attached hydrogens (tertiary/aromatic N) is 1. The number of hydrogen-bond donors (Lipinski definition) is 1. The molecule has 3 rings (SSSR count). The van der Waals surface area contributed by atoms with Gasteiger partial charge in [0.2, 0.25) is 0 Å². The van der Waals surface area contributed by atoms with Crippen molar-refractivity contribution in [1.29, 1.82) is 0 Å². The number of carbonyl (C=O) groups is 1. The normalized spacial score (nSPS) is 15.3. The molecule has 0 radical (unpaired) electrons. The van der Waals surface area contributed by atoms with E-state index < -0.39 is 0 Å². The zero-order valence-electron chi connectivity index (χ0n) is 14.4. The van der Waals surface area contributed by atoms with E-state index in [0.29, 0.717) is 0 Å². The van der Waals surface area contributed by atoms with Gasteiger partial charge in [-0.2, -0.15) is 0 Å². The molecular formula is C20H25N2O2+. The quantitative estimate of drug-likeness (QED) is 0.925. The van der Waals surface area contributed by atoms with Crippen LogP contribution < -0.4 is 9.64 Å². The van der Waals surface area contributed by atoms with Crippen molar-refractivity contribution in [3.8, 4) is 5.75 Å². The molecular weight excluding hydrogens is 300 g/mol. The number of carbonyl (C=O) groups excluding carboxylic acids is 1. The van der Waals surface area contributed by atoms with Gasteiger partial charge in [-0.3, -0.25) is 4.79 Å². The molecule has 4 heteroatoms. The minimum atomic E-state index is 0.151. The molecule has 0 bridgehead atoms. The molecule has 24 heavy (non-hydrogen) atoms. The number of piperazine rings is 1. The number of amides is 1. The Bertz CT molecular complexity index is 672. The molecule has 4 nitrogen and oxygen atoms in total. The number of quaternary nitrogens is 1. The first-order valence-electron chi connectivity index (χ1n) is 8.48. The van der Waals surface area contributed by atoms with Gasteiger partial charge in [0.15, 0.2) is 0 Å². The molecule has 0 atom stereocenters. The second-order valence-electron chi connectivity index (χ2n) is 6.43. The summed E-state index contributed by atoms with van der Waals surface area (Å²) in [4.78, 5) is 16.0. The van der Waals surface area contributed by atoms with Crippen molar-refractivity contribution in [2.75, 3.05) is 33.3 Å². The molecule has 2 aromatic carbocycles. The van der Waals surface area contributed by atoms with E-state index in [4.69, 9.17) is 4.74 Å². The lowest BCUT2D eigenvalue weighted by atomic mass is 10.1. The molecule has 1 amide bonds. The first-order chi connectivity index (χ1) is 11.7. The van der Waals surface area contributed by atoms with Gasteiger partial charge in [-0.1, -0.05) is 17.7 Å². The Balaban J connectivity index is 1.53. The predicted octanol–water partition coefficient (Wildman–Crippen LogP) is 1.54. The maximum absolute atomic E-state index is 12.5. The number of methoxy groups -OCH3 is 1. The van der Waals surface area contributed by atoms with Gasteiger partial charge in [-0.05, 0) is 43.3 Å². The Morgan fingerprint density at radius 2 is 1.67 bits per heavy atom. The molecule has 0 unspecified atom stereocenters. The molecule has 1 N–H and O–H groups in total. The van der Waals surface area contributed by atoms with Crippen molar-refractivity contribution in [3.05, 3.63) is 65.2 Å². The summed E-state index contributed by atoms with van der Waals surface area (Å²) in [6.07, 6.45) is 0. The van der Waals surface area contributed by atoms with Crippen LogP contribution in [-0.4, -0.2) is 44.1 Å². The maximum atomic E-state index is 12.5. The van der Waals surface area contributed by atoms with Crippen LogP contribution in [0.1, 0.15) is 21.5 Å². The molecule has 0 spiro atoms. The van der Waals surface area contributed by atoms with E-state index in [1.54, 1.807) is 7.11 Å². The number of aryl methyl sites for hydroxylation is 1. The third kappa shape index (κ3) is 3.95. The van der Waals surface area contributed by atoms with Crippen LogP contribution in [0.2, 0.25) is 0 Å². The molecule has 0 aromatic heterocycles. The van der Waals surface area contributed by atoms with E-state index in [2.05, 4.69) is 12.1 Å². The SMILES string of the molecule is COc1ccc(C[NH+]2CCN(C(=O)c3ccc(C)cc3)CC2)cc1. The fourth-order valence-electron chi connectivity index (χ4n) is 3.11. The van der Waals surface area contributed by atoms with Crippen LogP contribution >= 0.6 is 0 Å². The lowest BCUT2D eigenvalue weighted by molar-refractivity contribution is -0.917. The highest BCUT2D eigenvalue weighted by molar-refractivity contribution is 5.94. The van der Waals surface area contributed by atoms with Crippen LogP contribution in [0.15, 0.2) is 48.5 Å². The number of ether oxygens (including phenoxy) is 1. The van der Waals surface area contributed by atoms with Crippen LogP contribution in [0.3, 0.4) is 0 Å². The van der Waals surface area contributed by atoms with Gasteiger partial charge >= 0.3 is 0 Å². The van der Waals surface area contributed by atoms with Crippen molar-refractivity contribution in [2.45, 2.75) is 13.5 Å². The van der Waals surface area contributed by atoms with E-state index in [1.807, 2.05) is 48.2 Å². The van der Waals surface area contributed by atoms with Crippen molar-refractivity contribution in [1.82, 2.24) is 4.90 Å². The Kier molecular flexibility index (Phi) is 5.16. The Labute approximate surface area is 143 Å². The van der Waals surface area contributed by atoms with Gasteiger partial charge in [0.1, 0.15) is 12.3 Å². The Morgan fingerprint density at radius 1 is 1.04 bits per heavy atom. The van der Waals surface area contributed by atoms with Crippen LogP contribution in [0, 0.1) is 6.92 Å². The first kappa shape index (κ1) is 16.5. The summed E-state index contributed by atoms with van der Waals surface area (Å²) in [6.45, 7) is 6.65. The third-order valence-corrected chi connectivity index (χ3v) is 4.67. The summed E-state index contributed by atoms with van der Waals surface area (Å²) in [5, 5.41) is 0. The van der Waals surface area contributed by atoms with Crippen LogP contribution in [-0.2, 0) is 6.54 Å². The van der Waals surface area contributed by atoms with Crippen molar-refractivity contribution < 1.29 is 14.4 Å². The standard InChI is InChI=1S/C20H24N2O2/c1-16-3-7-18(8-4-16)20(23)22-13-11-21(12-14-22)15-17-5-9-19(24-2)10-6-17/h3-10H,11-15H2,1-2H3/p+1. The van der Waals surface area contributed by atoms with Gasteiger partial charge in [0.25, 0.3) is 5.91 Å². The highest BCUT2D eigenvalue weighted by Gasteiger charge is 2.24. The summed E-state index contributed by atoms with van der Waals surface area (Å²) in [5.74, 6) is 1.04. The number of benzene rings is 2. The monoisotopic (exact) mass is 325 g/mol. The van der Waals surface area contributed by atoms with E-state index in [-0.39, 0.29) is 5.91 Å². The number of nitrogens with one attached hydrogen (secondary N) is 1. The van der Waals surface area contributed by atoms with Gasteiger partial charge in [-0.25, -0.2) is 0 Å². The minimum Gasteiger partial charge on any atom is -0.497 e. The van der Waals surface area contributed by atoms with E-state index in [0.717, 1.165) is 44.0 Å². The van der Waals surface area contributed by atoms with E-state index in [1.165, 1.54) is 16.0 Å². The molecule has 0 aliphatic carbocycles. The average Bonchev–Trinajstić information content (AvgIpc) is 2.63. The second-order valence-corrected chi connectivity index (χ2v) is 6.43. The molecule has 1 fully saturated rings. The van der Waals surface area contributed by atoms with E-state index >= 15 is 0 Å². The minimum absolute atomic E-state index is 0.151. The molecule has 1 saturated heterocycles. The predicted molar refractivity (Wildman–Crippen MR) is 94.5 cm³/mol. The Morgan fingerprint density at radius 3 is 2.25 bits per heavy atom. The van der Waals surface area contributed by atoms with Crippen molar-refractivity contribution in [3.63, 3.8) is 0 Å². The van der Waals surface area contributed by atoms with Crippen LogP contribution in [0.4, 0.5) is 0 Å². The molecule has 1 heterocycles. The molecule has 1 aliphatic rings. The summed E-state index contributed by atoms with van der Waals surface area (Å²) >= 11 is 0. The summed E-state index contributed by atoms with van der Waals surface area (Å²) < 4.78 is 5.20. The number of rotatable bonds is 4. The summed E-state index contributed by atoms with van der Waals surface area (Å²) in [7, 11) is 1.69. The average molecular weight is 325 g/mol. The van der Waals surface area contributed by atoms with Gasteiger partial charge in [-0.15, -0.1) is 0 Å². The van der Waals surface area contributed by atoms with Crippen LogP contribution in [0.25, 0.3) is 0 Å². The highest BCUT2D eigenvalue weighted by atomic mass is 16.5. The summed E-state index contributed by atoms with van der Waals surface area (Å²) in [5.41, 5.74) is 3.28. The van der Waals surface area contributed by atoms with Crippen molar-refractivity contribution in [2.24, 2.45) is 0 Å². The molecule has 0 saturated carbocycles. The van der Waals surface area contributed by atoms with Gasteiger partial charge in [0, 0.05) is 11.1 Å². The Hall–Kier alpha value is -2.33. The number of hydrogen-bond acceptors (Lipinski definition) is 2. The lowest BCUT2D eigenvalue weighted by Gasteiger charge is -2.32. The fraction of sp³-hybridized carbons (Fsp3) is 0.350. The van der Waals surface area contributed by atoms with Gasteiger partial charge in [0.05, 0.1) is 33.3 Å². The lowest BCUT2D eigenvalue weighted by Crippen LogP contribution is -3.13. The van der Waals surface area contributed by atoms with Crippen LogP contribution in [0.5, 0.6) is 5.75 Å². The maximum Gasteiger partial charge on any atom is 0.254 e. The molecule has 2 aromatic rings. The topological polar surface area (TPSA) is 34.0 Å². The van der Waals surface area contributed by atoms with Crippen molar-refractivity contribution >= 4 is 5.91 Å². The van der Waals surface area contributed by atoms with Gasteiger partial charge < -0.3 is 14.5 Å². The second kappa shape index (κ2) is 7.49. The largest absolute Gasteiger partial charge is 0.497 e. The summed E-state index contributed by atoms with van der Waals surface area (Å²) in [6, 6.07) is 16.1. The smallest absolute Gasteiger partial charge is 0.254 e.